The highest BCUT2D eigenvalue weighted by Gasteiger charge is 2.28. The number of hydrogen-bond acceptors (Lipinski definition) is 5. The largest absolute Gasteiger partial charge is 0.465 e. The Morgan fingerprint density at radius 3 is 2.88 bits per heavy atom. The van der Waals surface area contributed by atoms with Crippen LogP contribution < -0.4 is 10.9 Å². The zero-order valence-corrected chi connectivity index (χ0v) is 13.3. The summed E-state index contributed by atoms with van der Waals surface area (Å²) in [6, 6.07) is 4.94. The van der Waals surface area contributed by atoms with Crippen LogP contribution in [0, 0.1) is 0 Å². The minimum absolute atomic E-state index is 0.107. The Labute approximate surface area is 138 Å². The lowest BCUT2D eigenvalue weighted by Crippen LogP contribution is -2.39. The molecule has 0 spiro atoms. The number of aromatic nitrogens is 3. The zero-order chi connectivity index (χ0) is 17.1. The van der Waals surface area contributed by atoms with Crippen molar-refractivity contribution in [1.82, 2.24) is 19.4 Å². The van der Waals surface area contributed by atoms with Crippen LogP contribution in [0.5, 0.6) is 0 Å². The van der Waals surface area contributed by atoms with Gasteiger partial charge in [0.2, 0.25) is 5.95 Å². The fourth-order valence-electron chi connectivity index (χ4n) is 2.88. The van der Waals surface area contributed by atoms with Crippen molar-refractivity contribution >= 4 is 12.0 Å². The number of nitrogens with one attached hydrogen (secondary N) is 1. The van der Waals surface area contributed by atoms with Crippen LogP contribution in [0.2, 0.25) is 0 Å². The van der Waals surface area contributed by atoms with E-state index < -0.39 is 6.09 Å². The number of rotatable bonds is 4. The van der Waals surface area contributed by atoms with Crippen molar-refractivity contribution in [2.24, 2.45) is 7.05 Å². The zero-order valence-electron chi connectivity index (χ0n) is 13.3. The summed E-state index contributed by atoms with van der Waals surface area (Å²) >= 11 is 0. The van der Waals surface area contributed by atoms with Crippen molar-refractivity contribution < 1.29 is 9.90 Å². The molecule has 0 aromatic carbocycles. The maximum Gasteiger partial charge on any atom is 0.407 e. The molecule has 1 amide bonds. The van der Waals surface area contributed by atoms with Crippen LogP contribution in [0.1, 0.15) is 12.8 Å². The van der Waals surface area contributed by atoms with Gasteiger partial charge in [-0.2, -0.15) is 0 Å². The van der Waals surface area contributed by atoms with Crippen LogP contribution in [-0.4, -0.2) is 49.8 Å². The third kappa shape index (κ3) is 3.22. The lowest BCUT2D eigenvalue weighted by molar-refractivity contribution is 0.142. The Kier molecular flexibility index (Phi) is 4.45. The summed E-state index contributed by atoms with van der Waals surface area (Å²) < 4.78 is 1.42. The van der Waals surface area contributed by atoms with Crippen molar-refractivity contribution in [1.29, 1.82) is 0 Å². The van der Waals surface area contributed by atoms with Gasteiger partial charge in [-0.1, -0.05) is 0 Å². The van der Waals surface area contributed by atoms with Gasteiger partial charge in [-0.15, -0.1) is 0 Å². The van der Waals surface area contributed by atoms with Gasteiger partial charge >= 0.3 is 6.09 Å². The standard InChI is InChI=1S/C16H19N5O3/c1-20-14(22)9-13(11-4-6-17-7-5-11)19-15(20)18-10-12-3-2-8-21(12)16(23)24/h4-7,9,12H,2-3,8,10H2,1H3,(H,18,19)(H,23,24)/t12-/m1/s1. The smallest absolute Gasteiger partial charge is 0.407 e. The predicted molar refractivity (Wildman–Crippen MR) is 89.0 cm³/mol. The Morgan fingerprint density at radius 1 is 1.42 bits per heavy atom. The Hall–Kier alpha value is -2.90. The van der Waals surface area contributed by atoms with Crippen molar-refractivity contribution in [3.05, 3.63) is 40.9 Å². The first kappa shape index (κ1) is 16.0. The normalized spacial score (nSPS) is 17.0. The molecule has 8 nitrogen and oxygen atoms in total. The van der Waals surface area contributed by atoms with Gasteiger partial charge in [0.1, 0.15) is 0 Å². The van der Waals surface area contributed by atoms with E-state index >= 15 is 0 Å². The molecule has 1 saturated heterocycles. The first-order valence-electron chi connectivity index (χ1n) is 7.78. The van der Waals surface area contributed by atoms with Gasteiger partial charge in [0.05, 0.1) is 11.7 Å². The maximum absolute atomic E-state index is 12.2. The third-order valence-electron chi connectivity index (χ3n) is 4.23. The second-order valence-corrected chi connectivity index (χ2v) is 5.75. The monoisotopic (exact) mass is 329 g/mol. The number of amides is 1. The summed E-state index contributed by atoms with van der Waals surface area (Å²) in [5.41, 5.74) is 1.18. The van der Waals surface area contributed by atoms with Gasteiger partial charge in [0.25, 0.3) is 5.56 Å². The molecule has 2 N–H and O–H groups in total. The number of anilines is 1. The van der Waals surface area contributed by atoms with Gasteiger partial charge < -0.3 is 15.3 Å². The topological polar surface area (TPSA) is 100 Å². The van der Waals surface area contributed by atoms with Crippen molar-refractivity contribution in [2.75, 3.05) is 18.4 Å². The molecule has 3 rings (SSSR count). The Morgan fingerprint density at radius 2 is 2.17 bits per heavy atom. The van der Waals surface area contributed by atoms with Crippen LogP contribution in [0.3, 0.4) is 0 Å². The minimum Gasteiger partial charge on any atom is -0.465 e. The van der Waals surface area contributed by atoms with E-state index in [1.807, 2.05) is 0 Å². The molecule has 1 atom stereocenters. The number of nitrogens with zero attached hydrogens (tertiary/aromatic N) is 4. The van der Waals surface area contributed by atoms with E-state index in [4.69, 9.17) is 0 Å². The van der Waals surface area contributed by atoms with E-state index in [9.17, 15) is 14.7 Å². The van der Waals surface area contributed by atoms with Crippen molar-refractivity contribution in [3.63, 3.8) is 0 Å². The van der Waals surface area contributed by atoms with Crippen LogP contribution >= 0.6 is 0 Å². The Balaban J connectivity index is 1.82. The molecule has 8 heteroatoms. The molecule has 126 valence electrons. The molecule has 0 bridgehead atoms. The molecule has 0 radical (unpaired) electrons. The van der Waals surface area contributed by atoms with Crippen LogP contribution in [0.25, 0.3) is 11.3 Å². The fraction of sp³-hybridized carbons (Fsp3) is 0.375. The van der Waals surface area contributed by atoms with Gasteiger partial charge in [-0.25, -0.2) is 9.78 Å². The first-order chi connectivity index (χ1) is 11.6. The predicted octanol–water partition coefficient (Wildman–Crippen LogP) is 1.40. The highest BCUT2D eigenvalue weighted by atomic mass is 16.4. The number of pyridine rings is 1. The van der Waals surface area contributed by atoms with E-state index in [1.165, 1.54) is 15.5 Å². The van der Waals surface area contributed by atoms with Crippen LogP contribution in [-0.2, 0) is 7.05 Å². The lowest BCUT2D eigenvalue weighted by Gasteiger charge is -2.22. The quantitative estimate of drug-likeness (QED) is 0.879. The molecular formula is C16H19N5O3. The van der Waals surface area contributed by atoms with E-state index in [-0.39, 0.29) is 11.6 Å². The average Bonchev–Trinajstić information content (AvgIpc) is 3.05. The lowest BCUT2D eigenvalue weighted by atomic mass is 10.2. The van der Waals surface area contributed by atoms with Gasteiger partial charge in [0.15, 0.2) is 0 Å². The summed E-state index contributed by atoms with van der Waals surface area (Å²) in [4.78, 5) is 33.2. The third-order valence-corrected chi connectivity index (χ3v) is 4.23. The summed E-state index contributed by atoms with van der Waals surface area (Å²) in [6.45, 7) is 0.970. The van der Waals surface area contributed by atoms with Crippen molar-refractivity contribution in [2.45, 2.75) is 18.9 Å². The van der Waals surface area contributed by atoms with Crippen molar-refractivity contribution in [3.8, 4) is 11.3 Å². The molecular weight excluding hydrogens is 310 g/mol. The average molecular weight is 329 g/mol. The number of carboxylic acid groups (broad SMARTS) is 1. The highest BCUT2D eigenvalue weighted by molar-refractivity contribution is 5.66. The molecule has 2 aromatic heterocycles. The second kappa shape index (κ2) is 6.69. The molecule has 24 heavy (non-hydrogen) atoms. The number of carbonyl (C=O) groups is 1. The van der Waals surface area contributed by atoms with E-state index in [2.05, 4.69) is 15.3 Å². The SMILES string of the molecule is Cn1c(NC[C@H]2CCCN2C(=O)O)nc(-c2ccncc2)cc1=O. The number of hydrogen-bond donors (Lipinski definition) is 2. The Bertz CT molecular complexity index is 790. The molecule has 1 aliphatic heterocycles. The minimum atomic E-state index is -0.910. The summed E-state index contributed by atoms with van der Waals surface area (Å²) in [5, 5.41) is 12.3. The number of likely N-dealkylation sites (tertiary alicyclic amines) is 1. The van der Waals surface area contributed by atoms with Gasteiger partial charge in [-0.3, -0.25) is 14.3 Å². The molecule has 0 saturated carbocycles. The van der Waals surface area contributed by atoms with Gasteiger partial charge in [-0.05, 0) is 25.0 Å². The van der Waals surface area contributed by atoms with E-state index in [1.54, 1.807) is 31.6 Å². The fourth-order valence-corrected chi connectivity index (χ4v) is 2.88. The van der Waals surface area contributed by atoms with E-state index in [0.717, 1.165) is 18.4 Å². The molecule has 0 aliphatic carbocycles. The van der Waals surface area contributed by atoms with Crippen LogP contribution in [0.4, 0.5) is 10.7 Å². The highest BCUT2D eigenvalue weighted by Crippen LogP contribution is 2.19. The summed E-state index contributed by atoms with van der Waals surface area (Å²) in [6.07, 6.45) is 4.03. The maximum atomic E-state index is 12.2. The molecule has 1 fully saturated rings. The van der Waals surface area contributed by atoms with E-state index in [0.29, 0.717) is 24.7 Å². The molecule has 0 unspecified atom stereocenters. The summed E-state index contributed by atoms with van der Waals surface area (Å²) in [7, 11) is 1.64. The van der Waals surface area contributed by atoms with Crippen LogP contribution in [0.15, 0.2) is 35.4 Å². The molecule has 3 heterocycles. The van der Waals surface area contributed by atoms with Gasteiger partial charge in [0, 0.05) is 44.2 Å². The second-order valence-electron chi connectivity index (χ2n) is 5.75. The summed E-state index contributed by atoms with van der Waals surface area (Å²) in [5.74, 6) is 0.423. The first-order valence-corrected chi connectivity index (χ1v) is 7.78. The molecule has 1 aliphatic rings. The molecule has 2 aromatic rings.